The molecule has 1 aromatic heterocycles. The molecule has 1 atom stereocenters. The van der Waals surface area contributed by atoms with Crippen molar-refractivity contribution in [1.29, 1.82) is 0 Å². The lowest BCUT2D eigenvalue weighted by Crippen LogP contribution is -2.26. The van der Waals surface area contributed by atoms with E-state index in [9.17, 15) is 4.79 Å². The second kappa shape index (κ2) is 7.54. The van der Waals surface area contributed by atoms with Gasteiger partial charge in [0.15, 0.2) is 5.82 Å². The minimum absolute atomic E-state index is 0.0124. The maximum Gasteiger partial charge on any atom is 0.223 e. The molecule has 21 heavy (non-hydrogen) atoms. The number of nitrogens with two attached hydrogens (primary N) is 1. The van der Waals surface area contributed by atoms with E-state index in [0.29, 0.717) is 37.5 Å². The Morgan fingerprint density at radius 2 is 2.14 bits per heavy atom. The molecule has 2 aromatic rings. The molecule has 6 nitrogen and oxygen atoms in total. The summed E-state index contributed by atoms with van der Waals surface area (Å²) < 4.78 is 4.86. The molecule has 6 heteroatoms. The molecule has 0 radical (unpaired) electrons. The van der Waals surface area contributed by atoms with Crippen molar-refractivity contribution in [1.82, 2.24) is 15.5 Å². The highest BCUT2D eigenvalue weighted by Gasteiger charge is 2.09. The SMILES string of the molecule is Cc1nc(CCNC(=O)CCC(N)c2ccccc2)no1. The summed E-state index contributed by atoms with van der Waals surface area (Å²) in [6, 6.07) is 9.67. The monoisotopic (exact) mass is 288 g/mol. The predicted molar refractivity (Wildman–Crippen MR) is 78.4 cm³/mol. The number of hydrogen-bond acceptors (Lipinski definition) is 5. The number of hydrogen-bond donors (Lipinski definition) is 2. The Morgan fingerprint density at radius 3 is 2.81 bits per heavy atom. The third kappa shape index (κ3) is 5.00. The number of nitrogens with one attached hydrogen (secondary N) is 1. The van der Waals surface area contributed by atoms with Crippen molar-refractivity contribution in [3.8, 4) is 0 Å². The van der Waals surface area contributed by atoms with E-state index in [1.165, 1.54) is 0 Å². The first-order valence-corrected chi connectivity index (χ1v) is 7.01. The summed E-state index contributed by atoms with van der Waals surface area (Å²) >= 11 is 0. The summed E-state index contributed by atoms with van der Waals surface area (Å²) in [7, 11) is 0. The zero-order valence-electron chi connectivity index (χ0n) is 12.1. The molecule has 0 bridgehead atoms. The van der Waals surface area contributed by atoms with Crippen LogP contribution in [0.3, 0.4) is 0 Å². The van der Waals surface area contributed by atoms with Gasteiger partial charge in [0.05, 0.1) is 0 Å². The van der Waals surface area contributed by atoms with E-state index in [1.54, 1.807) is 6.92 Å². The summed E-state index contributed by atoms with van der Waals surface area (Å²) in [6.45, 7) is 2.23. The lowest BCUT2D eigenvalue weighted by molar-refractivity contribution is -0.121. The van der Waals surface area contributed by atoms with Crippen LogP contribution in [0.4, 0.5) is 0 Å². The van der Waals surface area contributed by atoms with Crippen molar-refractivity contribution < 1.29 is 9.32 Å². The number of carbonyl (C=O) groups is 1. The maximum absolute atomic E-state index is 11.7. The molecule has 0 aliphatic carbocycles. The number of aryl methyl sites for hydroxylation is 1. The van der Waals surface area contributed by atoms with Crippen molar-refractivity contribution in [2.24, 2.45) is 5.73 Å². The van der Waals surface area contributed by atoms with Crippen LogP contribution in [0, 0.1) is 6.92 Å². The average molecular weight is 288 g/mol. The fourth-order valence-corrected chi connectivity index (χ4v) is 2.00. The highest BCUT2D eigenvalue weighted by molar-refractivity contribution is 5.75. The van der Waals surface area contributed by atoms with Crippen LogP contribution in [0.15, 0.2) is 34.9 Å². The van der Waals surface area contributed by atoms with Crippen LogP contribution < -0.4 is 11.1 Å². The normalized spacial score (nSPS) is 12.1. The van der Waals surface area contributed by atoms with Crippen LogP contribution >= 0.6 is 0 Å². The van der Waals surface area contributed by atoms with Gasteiger partial charge in [-0.05, 0) is 12.0 Å². The molecule has 1 amide bonds. The lowest BCUT2D eigenvalue weighted by atomic mass is 10.0. The molecule has 2 rings (SSSR count). The third-order valence-electron chi connectivity index (χ3n) is 3.15. The highest BCUT2D eigenvalue weighted by atomic mass is 16.5. The molecule has 1 aromatic carbocycles. The van der Waals surface area contributed by atoms with Crippen molar-refractivity contribution in [3.63, 3.8) is 0 Å². The van der Waals surface area contributed by atoms with Gasteiger partial charge in [0.2, 0.25) is 11.8 Å². The maximum atomic E-state index is 11.7. The van der Waals surface area contributed by atoms with Crippen LogP contribution in [0.2, 0.25) is 0 Å². The Labute approximate surface area is 123 Å². The van der Waals surface area contributed by atoms with E-state index in [4.69, 9.17) is 10.3 Å². The van der Waals surface area contributed by atoms with Gasteiger partial charge < -0.3 is 15.6 Å². The number of rotatable bonds is 7. The summed E-state index contributed by atoms with van der Waals surface area (Å²) in [6.07, 6.45) is 1.59. The van der Waals surface area contributed by atoms with Crippen molar-refractivity contribution >= 4 is 5.91 Å². The Balaban J connectivity index is 1.65. The van der Waals surface area contributed by atoms with Gasteiger partial charge in [0, 0.05) is 32.4 Å². The first-order valence-electron chi connectivity index (χ1n) is 7.01. The van der Waals surface area contributed by atoms with Gasteiger partial charge >= 0.3 is 0 Å². The van der Waals surface area contributed by atoms with Crippen LogP contribution in [0.25, 0.3) is 0 Å². The molecule has 0 saturated carbocycles. The fraction of sp³-hybridized carbons (Fsp3) is 0.400. The van der Waals surface area contributed by atoms with E-state index in [1.807, 2.05) is 30.3 Å². The van der Waals surface area contributed by atoms with Gasteiger partial charge in [-0.3, -0.25) is 4.79 Å². The molecule has 0 saturated heterocycles. The van der Waals surface area contributed by atoms with Crippen LogP contribution in [-0.4, -0.2) is 22.6 Å². The van der Waals surface area contributed by atoms with Crippen molar-refractivity contribution in [2.75, 3.05) is 6.54 Å². The van der Waals surface area contributed by atoms with Gasteiger partial charge in [0.1, 0.15) is 0 Å². The first-order chi connectivity index (χ1) is 10.1. The number of aromatic nitrogens is 2. The van der Waals surface area contributed by atoms with Crippen LogP contribution in [-0.2, 0) is 11.2 Å². The van der Waals surface area contributed by atoms with E-state index in [0.717, 1.165) is 5.56 Å². The molecule has 0 aliphatic heterocycles. The van der Waals surface area contributed by atoms with Crippen molar-refractivity contribution in [2.45, 2.75) is 32.2 Å². The smallest absolute Gasteiger partial charge is 0.223 e. The van der Waals surface area contributed by atoms with Gasteiger partial charge in [-0.15, -0.1) is 0 Å². The summed E-state index contributed by atoms with van der Waals surface area (Å²) in [5, 5.41) is 6.60. The molecule has 0 spiro atoms. The molecule has 3 N–H and O–H groups in total. The van der Waals surface area contributed by atoms with Crippen molar-refractivity contribution in [3.05, 3.63) is 47.6 Å². The molecule has 0 fully saturated rings. The largest absolute Gasteiger partial charge is 0.356 e. The zero-order chi connectivity index (χ0) is 15.1. The Morgan fingerprint density at radius 1 is 1.38 bits per heavy atom. The second-order valence-corrected chi connectivity index (χ2v) is 4.89. The second-order valence-electron chi connectivity index (χ2n) is 4.89. The molecule has 0 aliphatic rings. The third-order valence-corrected chi connectivity index (χ3v) is 3.15. The van der Waals surface area contributed by atoms with Crippen LogP contribution in [0.1, 0.15) is 36.2 Å². The molecular formula is C15H20N4O2. The fourth-order valence-electron chi connectivity index (χ4n) is 2.00. The standard InChI is InChI=1S/C15H20N4O2/c1-11-18-14(19-21-11)9-10-17-15(20)8-7-13(16)12-5-3-2-4-6-12/h2-6,13H,7-10,16H2,1H3,(H,17,20). The van der Waals surface area contributed by atoms with Gasteiger partial charge in [-0.1, -0.05) is 35.5 Å². The van der Waals surface area contributed by atoms with E-state index in [2.05, 4.69) is 15.5 Å². The Hall–Kier alpha value is -2.21. The van der Waals surface area contributed by atoms with E-state index >= 15 is 0 Å². The van der Waals surface area contributed by atoms with E-state index in [-0.39, 0.29) is 11.9 Å². The zero-order valence-corrected chi connectivity index (χ0v) is 12.1. The number of benzene rings is 1. The minimum Gasteiger partial charge on any atom is -0.356 e. The highest BCUT2D eigenvalue weighted by Crippen LogP contribution is 2.14. The molecule has 1 heterocycles. The number of carbonyl (C=O) groups excluding carboxylic acids is 1. The Bertz CT molecular complexity index is 568. The summed E-state index contributed by atoms with van der Waals surface area (Å²) in [5.74, 6) is 1.13. The average Bonchev–Trinajstić information content (AvgIpc) is 2.91. The predicted octanol–water partition coefficient (Wildman–Crippen LogP) is 1.52. The van der Waals surface area contributed by atoms with Crippen LogP contribution in [0.5, 0.6) is 0 Å². The number of amides is 1. The van der Waals surface area contributed by atoms with E-state index < -0.39 is 0 Å². The molecule has 112 valence electrons. The summed E-state index contributed by atoms with van der Waals surface area (Å²) in [5.41, 5.74) is 7.10. The van der Waals surface area contributed by atoms with Gasteiger partial charge in [-0.25, -0.2) is 0 Å². The molecular weight excluding hydrogens is 268 g/mol. The summed E-state index contributed by atoms with van der Waals surface area (Å²) in [4.78, 5) is 15.8. The number of nitrogens with zero attached hydrogens (tertiary/aromatic N) is 2. The quantitative estimate of drug-likeness (QED) is 0.805. The Kier molecular flexibility index (Phi) is 5.45. The minimum atomic E-state index is -0.114. The topological polar surface area (TPSA) is 94.0 Å². The van der Waals surface area contributed by atoms with Gasteiger partial charge in [0.25, 0.3) is 0 Å². The lowest BCUT2D eigenvalue weighted by Gasteiger charge is -2.11. The first kappa shape index (κ1) is 15.2. The molecule has 1 unspecified atom stereocenters. The van der Waals surface area contributed by atoms with Gasteiger partial charge in [-0.2, -0.15) is 4.98 Å².